The van der Waals surface area contributed by atoms with Crippen molar-refractivity contribution in [3.8, 4) is 5.75 Å². The van der Waals surface area contributed by atoms with E-state index in [2.05, 4.69) is 21.1 Å². The first-order chi connectivity index (χ1) is 25.5. The molecule has 13 heteroatoms. The second-order valence-electron chi connectivity index (χ2n) is 18.0. The summed E-state index contributed by atoms with van der Waals surface area (Å²) in [6.45, 7) is 11.7. The number of hydrogen-bond donors (Lipinski definition) is 3. The number of aryl methyl sites for hydroxylation is 1. The second-order valence-corrected chi connectivity index (χ2v) is 18.4. The maximum Gasteiger partial charge on any atom is 0.289 e. The minimum Gasteiger partial charge on any atom is -0.486 e. The van der Waals surface area contributed by atoms with Gasteiger partial charge in [0.25, 0.3) is 5.91 Å². The highest BCUT2D eigenvalue weighted by Gasteiger charge is 2.56. The molecule has 0 aromatic heterocycles. The molecular formula is C41H58ClN5O7. The van der Waals surface area contributed by atoms with Crippen molar-refractivity contribution in [2.75, 3.05) is 6.54 Å². The third-order valence-electron chi connectivity index (χ3n) is 11.6. The largest absolute Gasteiger partial charge is 0.486 e. The number of carbonyl (C=O) groups is 5. The van der Waals surface area contributed by atoms with Gasteiger partial charge in [-0.25, -0.2) is 0 Å². The summed E-state index contributed by atoms with van der Waals surface area (Å²) in [5.41, 5.74) is 0.343. The Bertz CT molecular complexity index is 1680. The predicted octanol–water partition coefficient (Wildman–Crippen LogP) is 5.54. The summed E-state index contributed by atoms with van der Waals surface area (Å²) in [5.74, 6) is -1.61. The number of ketones is 1. The summed E-state index contributed by atoms with van der Waals surface area (Å²) in [7, 11) is 0. The molecule has 1 aromatic carbocycles. The summed E-state index contributed by atoms with van der Waals surface area (Å²) < 4.78 is 6.19. The molecule has 12 nitrogen and oxygen atoms in total. The van der Waals surface area contributed by atoms with Gasteiger partial charge in [-0.1, -0.05) is 70.1 Å². The highest BCUT2D eigenvalue weighted by molar-refractivity contribution is 6.38. The van der Waals surface area contributed by atoms with Gasteiger partial charge in [0, 0.05) is 30.9 Å². The van der Waals surface area contributed by atoms with E-state index in [4.69, 9.17) is 21.2 Å². The Morgan fingerprint density at radius 3 is 2.43 bits per heavy atom. The molecule has 0 bridgehead atoms. The Labute approximate surface area is 324 Å². The minimum atomic E-state index is -1.05. The first-order valence-electron chi connectivity index (χ1n) is 20.0. The van der Waals surface area contributed by atoms with Gasteiger partial charge in [-0.15, -0.1) is 0 Å². The molecule has 54 heavy (non-hydrogen) atoms. The van der Waals surface area contributed by atoms with Gasteiger partial charge >= 0.3 is 0 Å². The molecule has 3 heterocycles. The quantitative estimate of drug-likeness (QED) is 0.236. The predicted molar refractivity (Wildman–Crippen MR) is 205 cm³/mol. The van der Waals surface area contributed by atoms with Crippen LogP contribution in [-0.4, -0.2) is 81.9 Å². The van der Waals surface area contributed by atoms with Gasteiger partial charge < -0.3 is 30.4 Å². The number of ether oxygens (including phenoxy) is 1. The number of amides is 4. The van der Waals surface area contributed by atoms with Gasteiger partial charge in [0.1, 0.15) is 23.4 Å². The second kappa shape index (κ2) is 15.8. The van der Waals surface area contributed by atoms with E-state index in [0.717, 1.165) is 62.5 Å². The van der Waals surface area contributed by atoms with Crippen LogP contribution < -0.4 is 20.7 Å². The number of fused-ring (bicyclic) bond motifs is 1. The van der Waals surface area contributed by atoms with Crippen LogP contribution in [0.15, 0.2) is 17.3 Å². The number of carbonyl (C=O) groups excluding carboxylic acids is 5. The fourth-order valence-electron chi connectivity index (χ4n) is 8.32. The topological polar surface area (TPSA) is 156 Å². The average Bonchev–Trinajstić information content (AvgIpc) is 3.70. The van der Waals surface area contributed by atoms with Gasteiger partial charge in [0.05, 0.1) is 23.3 Å². The Kier molecular flexibility index (Phi) is 11.7. The molecule has 1 saturated heterocycles. The number of likely N-dealkylation sites (tertiary alicyclic amines) is 1. The van der Waals surface area contributed by atoms with Crippen LogP contribution in [0.25, 0.3) is 0 Å². The Morgan fingerprint density at radius 2 is 1.76 bits per heavy atom. The highest BCUT2D eigenvalue weighted by Crippen LogP contribution is 2.43. The Hall–Kier alpha value is -3.67. The third kappa shape index (κ3) is 9.23. The van der Waals surface area contributed by atoms with Gasteiger partial charge in [0.15, 0.2) is 5.60 Å². The minimum absolute atomic E-state index is 0.0111. The standard InChI is InChI=1S/C41H58ClN5O7/c1-7-11-29(33(49)37(51)43-27-14-15-27)44-36(50)31-22-41(21-30(46-54-41)26-19-25-16-17-40(5,6)53-34(25)28(42)20-26)23-47(31)38(52)35(39(2,3)4)45-32(48)18-24-12-9-8-10-13-24/h19-20,24,27,29,31,35H,7-18,21-23H2,1-6H3,(H,43,51)(H,44,50)(H,45,48)/t29-,31-,35+,41+/m0/s1. The molecule has 1 spiro atoms. The fourth-order valence-corrected chi connectivity index (χ4v) is 8.60. The molecule has 2 saturated carbocycles. The third-order valence-corrected chi connectivity index (χ3v) is 11.9. The summed E-state index contributed by atoms with van der Waals surface area (Å²) in [5, 5.41) is 13.6. The zero-order valence-corrected chi connectivity index (χ0v) is 33.5. The van der Waals surface area contributed by atoms with Crippen molar-refractivity contribution in [1.29, 1.82) is 0 Å². The van der Waals surface area contributed by atoms with Crippen LogP contribution in [0.2, 0.25) is 5.02 Å². The van der Waals surface area contributed by atoms with Crippen LogP contribution in [-0.2, 0) is 35.2 Å². The van der Waals surface area contributed by atoms with E-state index < -0.39 is 52.6 Å². The lowest BCUT2D eigenvalue weighted by molar-refractivity contribution is -0.145. The van der Waals surface area contributed by atoms with Gasteiger partial charge in [0.2, 0.25) is 23.5 Å². The molecule has 1 aromatic rings. The van der Waals surface area contributed by atoms with Crippen LogP contribution in [0.1, 0.15) is 136 Å². The van der Waals surface area contributed by atoms with Crippen molar-refractivity contribution in [3.63, 3.8) is 0 Å². The Balaban J connectivity index is 1.25. The van der Waals surface area contributed by atoms with E-state index in [1.807, 2.05) is 53.7 Å². The number of hydrogen-bond acceptors (Lipinski definition) is 8. The van der Waals surface area contributed by atoms with E-state index in [0.29, 0.717) is 35.7 Å². The van der Waals surface area contributed by atoms with Crippen LogP contribution in [0.5, 0.6) is 5.75 Å². The average molecular weight is 768 g/mol. The lowest BCUT2D eigenvalue weighted by Gasteiger charge is -2.36. The first kappa shape index (κ1) is 40.0. The van der Waals surface area contributed by atoms with Crippen molar-refractivity contribution >= 4 is 46.7 Å². The van der Waals surface area contributed by atoms with Gasteiger partial charge in [-0.2, -0.15) is 0 Å². The summed E-state index contributed by atoms with van der Waals surface area (Å²) >= 11 is 6.75. The van der Waals surface area contributed by atoms with Crippen LogP contribution in [0, 0.1) is 11.3 Å². The van der Waals surface area contributed by atoms with E-state index >= 15 is 0 Å². The maximum atomic E-state index is 14.7. The van der Waals surface area contributed by atoms with Crippen LogP contribution in [0.4, 0.5) is 0 Å². The molecule has 0 unspecified atom stereocenters. The first-order valence-corrected chi connectivity index (χ1v) is 20.4. The van der Waals surface area contributed by atoms with Crippen molar-refractivity contribution in [1.82, 2.24) is 20.9 Å². The highest BCUT2D eigenvalue weighted by atomic mass is 35.5. The molecule has 3 aliphatic heterocycles. The molecule has 296 valence electrons. The van der Waals surface area contributed by atoms with E-state index in [-0.39, 0.29) is 42.9 Å². The molecule has 3 fully saturated rings. The van der Waals surface area contributed by atoms with Crippen molar-refractivity contribution in [2.24, 2.45) is 16.5 Å². The molecule has 3 N–H and O–H groups in total. The van der Waals surface area contributed by atoms with Crippen LogP contribution in [0.3, 0.4) is 0 Å². The Morgan fingerprint density at radius 1 is 1.04 bits per heavy atom. The fraction of sp³-hybridized carbons (Fsp3) is 0.707. The van der Waals surface area contributed by atoms with Crippen molar-refractivity contribution in [2.45, 2.75) is 167 Å². The number of nitrogens with zero attached hydrogens (tertiary/aromatic N) is 2. The molecule has 4 amide bonds. The number of nitrogens with one attached hydrogen (secondary N) is 3. The van der Waals surface area contributed by atoms with E-state index in [1.165, 1.54) is 11.3 Å². The number of rotatable bonds is 12. The van der Waals surface area contributed by atoms with Crippen LogP contribution >= 0.6 is 11.6 Å². The SMILES string of the molecule is CCC[C@H](NC(=O)[C@@H]1C[C@]2(CC(c3cc(Cl)c4c(c3)CCC(C)(C)O4)=NO2)CN1C(=O)[C@@H](NC(=O)CC1CCCCC1)C(C)(C)C)C(=O)C(=O)NC1CC1. The number of halogens is 1. The zero-order chi connectivity index (χ0) is 39.0. The van der Waals surface area contributed by atoms with E-state index in [9.17, 15) is 24.0 Å². The smallest absolute Gasteiger partial charge is 0.289 e. The monoisotopic (exact) mass is 767 g/mol. The molecule has 5 aliphatic rings. The summed E-state index contributed by atoms with van der Waals surface area (Å²) in [4.78, 5) is 76.3. The summed E-state index contributed by atoms with van der Waals surface area (Å²) in [6.07, 6.45) is 10.2. The summed E-state index contributed by atoms with van der Waals surface area (Å²) in [6, 6.07) is 0.795. The molecule has 6 rings (SSSR count). The molecule has 2 aliphatic carbocycles. The van der Waals surface area contributed by atoms with Gasteiger partial charge in [-0.05, 0) is 87.8 Å². The van der Waals surface area contributed by atoms with Crippen molar-refractivity contribution < 1.29 is 33.5 Å². The molecule has 0 radical (unpaired) electrons. The number of Topliss-reactive ketones (excluding diaryl/α,β-unsaturated/α-hetero) is 1. The zero-order valence-electron chi connectivity index (χ0n) is 32.8. The number of oxime groups is 1. The maximum absolute atomic E-state index is 14.7. The lowest BCUT2D eigenvalue weighted by atomic mass is 9.84. The van der Waals surface area contributed by atoms with Gasteiger partial charge in [-0.3, -0.25) is 24.0 Å². The normalized spacial score (nSPS) is 24.8. The molecule has 4 atom stereocenters. The van der Waals surface area contributed by atoms with E-state index in [1.54, 1.807) is 0 Å². The van der Waals surface area contributed by atoms with Crippen molar-refractivity contribution in [3.05, 3.63) is 28.3 Å². The lowest BCUT2D eigenvalue weighted by Crippen LogP contribution is -2.59. The number of benzene rings is 1. The molecular weight excluding hydrogens is 710 g/mol.